The molecular weight excluding hydrogens is 343 g/mol. The van der Waals surface area contributed by atoms with Crippen molar-refractivity contribution < 1.29 is 17.9 Å². The molecule has 2 heterocycles. The minimum atomic E-state index is -4.69. The number of alkyl halides is 3. The van der Waals surface area contributed by atoms with E-state index in [0.29, 0.717) is 0 Å². The maximum absolute atomic E-state index is 14.3. The van der Waals surface area contributed by atoms with Gasteiger partial charge in [0.05, 0.1) is 12.2 Å². The van der Waals surface area contributed by atoms with E-state index in [2.05, 4.69) is 15.3 Å². The Morgan fingerprint density at radius 1 is 1.29 bits per heavy atom. The zero-order valence-corrected chi connectivity index (χ0v) is 13.2. The molecular formula is C16H13ClF3N3O. The third-order valence-corrected chi connectivity index (χ3v) is 4.57. The maximum atomic E-state index is 14.3. The molecule has 4 rings (SSSR count). The van der Waals surface area contributed by atoms with Gasteiger partial charge in [0.25, 0.3) is 0 Å². The van der Waals surface area contributed by atoms with Crippen LogP contribution in [0.1, 0.15) is 24.0 Å². The van der Waals surface area contributed by atoms with Gasteiger partial charge in [0.2, 0.25) is 5.60 Å². The average Bonchev–Trinajstić information content (AvgIpc) is 3.35. The summed E-state index contributed by atoms with van der Waals surface area (Å²) in [7, 11) is 0. The average molecular weight is 356 g/mol. The van der Waals surface area contributed by atoms with E-state index in [0.717, 1.165) is 19.0 Å². The van der Waals surface area contributed by atoms with E-state index in [1.54, 1.807) is 0 Å². The third kappa shape index (κ3) is 2.34. The number of benzene rings is 1. The molecule has 1 aliphatic heterocycles. The van der Waals surface area contributed by atoms with E-state index >= 15 is 0 Å². The molecule has 126 valence electrons. The van der Waals surface area contributed by atoms with Crippen molar-refractivity contribution in [2.24, 2.45) is 5.92 Å². The lowest BCUT2D eigenvalue weighted by Crippen LogP contribution is -2.48. The Bertz CT molecular complexity index is 794. The minimum absolute atomic E-state index is 0.0276. The van der Waals surface area contributed by atoms with Crippen LogP contribution >= 0.6 is 11.6 Å². The number of nitrogens with zero attached hydrogens (tertiary/aromatic N) is 2. The fraction of sp³-hybridized carbons (Fsp3) is 0.375. The lowest BCUT2D eigenvalue weighted by Gasteiger charge is -2.41. The van der Waals surface area contributed by atoms with Crippen LogP contribution in [-0.4, -0.2) is 22.8 Å². The maximum Gasteiger partial charge on any atom is 0.426 e. The lowest BCUT2D eigenvalue weighted by atomic mass is 9.82. The van der Waals surface area contributed by atoms with Crippen molar-refractivity contribution in [2.45, 2.75) is 24.6 Å². The van der Waals surface area contributed by atoms with Gasteiger partial charge in [0.15, 0.2) is 0 Å². The van der Waals surface area contributed by atoms with E-state index in [-0.39, 0.29) is 40.2 Å². The minimum Gasteiger partial charge on any atom is -0.356 e. The molecule has 0 radical (unpaired) electrons. The van der Waals surface area contributed by atoms with Crippen molar-refractivity contribution in [3.8, 4) is 0 Å². The van der Waals surface area contributed by atoms with Crippen LogP contribution < -0.4 is 5.32 Å². The van der Waals surface area contributed by atoms with Crippen LogP contribution in [0.15, 0.2) is 30.7 Å². The highest BCUT2D eigenvalue weighted by molar-refractivity contribution is 6.30. The number of ether oxygens (including phenoxy) is 1. The molecule has 0 saturated heterocycles. The van der Waals surface area contributed by atoms with E-state index in [9.17, 15) is 13.2 Å². The molecule has 0 amide bonds. The molecule has 2 aliphatic rings. The van der Waals surface area contributed by atoms with Gasteiger partial charge in [-0.15, -0.1) is 0 Å². The van der Waals surface area contributed by atoms with Crippen molar-refractivity contribution in [1.82, 2.24) is 9.97 Å². The highest BCUT2D eigenvalue weighted by Gasteiger charge is 2.62. The summed E-state index contributed by atoms with van der Waals surface area (Å²) in [5, 5.41) is 3.12. The van der Waals surface area contributed by atoms with Crippen molar-refractivity contribution in [3.05, 3.63) is 46.9 Å². The first kappa shape index (κ1) is 15.7. The first-order valence-corrected chi connectivity index (χ1v) is 7.88. The summed E-state index contributed by atoms with van der Waals surface area (Å²) >= 11 is 5.97. The Kier molecular flexibility index (Phi) is 3.47. The highest BCUT2D eigenvalue weighted by Crippen LogP contribution is 2.55. The van der Waals surface area contributed by atoms with Crippen molar-refractivity contribution >= 4 is 23.1 Å². The van der Waals surface area contributed by atoms with Crippen LogP contribution in [-0.2, 0) is 10.3 Å². The van der Waals surface area contributed by atoms with Crippen LogP contribution in [0.2, 0.25) is 5.02 Å². The fourth-order valence-electron chi connectivity index (χ4n) is 2.95. The smallest absolute Gasteiger partial charge is 0.356 e. The van der Waals surface area contributed by atoms with Gasteiger partial charge in [-0.05, 0) is 37.0 Å². The Morgan fingerprint density at radius 2 is 2.08 bits per heavy atom. The molecule has 1 aromatic carbocycles. The van der Waals surface area contributed by atoms with Crippen molar-refractivity contribution in [3.63, 3.8) is 0 Å². The van der Waals surface area contributed by atoms with E-state index in [1.165, 1.54) is 24.5 Å². The molecule has 4 nitrogen and oxygen atoms in total. The lowest BCUT2D eigenvalue weighted by molar-refractivity contribution is -0.268. The molecule has 1 atom stereocenters. The van der Waals surface area contributed by atoms with Crippen LogP contribution in [0, 0.1) is 5.92 Å². The quantitative estimate of drug-likeness (QED) is 0.885. The molecule has 1 unspecified atom stereocenters. The van der Waals surface area contributed by atoms with Gasteiger partial charge < -0.3 is 10.1 Å². The summed E-state index contributed by atoms with van der Waals surface area (Å²) in [5.41, 5.74) is -2.56. The number of nitrogens with one attached hydrogen (secondary N) is 1. The highest BCUT2D eigenvalue weighted by atomic mass is 35.5. The van der Waals surface area contributed by atoms with Crippen molar-refractivity contribution in [2.75, 3.05) is 11.9 Å². The molecule has 1 saturated carbocycles. The number of aromatic nitrogens is 2. The summed E-state index contributed by atoms with van der Waals surface area (Å²) in [6.45, 7) is 0.0276. The SMILES string of the molecule is FC(F)(F)C1(OCC2CC2)c2cc(Cl)ccc2Nc2ncncc21. The summed E-state index contributed by atoms with van der Waals surface area (Å²) in [5.74, 6) is 0.253. The van der Waals surface area contributed by atoms with E-state index in [1.807, 2.05) is 0 Å². The van der Waals surface area contributed by atoms with Crippen LogP contribution in [0.4, 0.5) is 24.7 Å². The van der Waals surface area contributed by atoms with Gasteiger partial charge in [-0.2, -0.15) is 13.2 Å². The summed E-state index contributed by atoms with van der Waals surface area (Å²) in [6.07, 6.45) is -0.573. The Balaban J connectivity index is 1.96. The van der Waals surface area contributed by atoms with Crippen LogP contribution in [0.3, 0.4) is 0 Å². The Hall–Kier alpha value is -1.86. The topological polar surface area (TPSA) is 47.0 Å². The third-order valence-electron chi connectivity index (χ3n) is 4.34. The molecule has 1 fully saturated rings. The number of anilines is 2. The molecule has 0 bridgehead atoms. The van der Waals surface area contributed by atoms with E-state index in [4.69, 9.17) is 16.3 Å². The number of rotatable bonds is 3. The number of hydrogen-bond donors (Lipinski definition) is 1. The molecule has 8 heteroatoms. The predicted octanol–water partition coefficient (Wildman–Crippen LogP) is 4.42. The number of hydrogen-bond acceptors (Lipinski definition) is 4. The molecule has 1 N–H and O–H groups in total. The Morgan fingerprint density at radius 3 is 2.79 bits per heavy atom. The van der Waals surface area contributed by atoms with Crippen LogP contribution in [0.25, 0.3) is 0 Å². The number of halogens is 4. The van der Waals surface area contributed by atoms with Gasteiger partial charge in [0, 0.05) is 22.5 Å². The summed E-state index contributed by atoms with van der Waals surface area (Å²) in [4.78, 5) is 7.74. The zero-order chi connectivity index (χ0) is 16.9. The second-order valence-corrected chi connectivity index (χ2v) is 6.47. The zero-order valence-electron chi connectivity index (χ0n) is 12.4. The van der Waals surface area contributed by atoms with Crippen LogP contribution in [0.5, 0.6) is 0 Å². The predicted molar refractivity (Wildman–Crippen MR) is 82.3 cm³/mol. The second kappa shape index (κ2) is 5.32. The summed E-state index contributed by atoms with van der Waals surface area (Å²) < 4.78 is 48.5. The first-order valence-electron chi connectivity index (χ1n) is 7.50. The largest absolute Gasteiger partial charge is 0.426 e. The number of fused-ring (bicyclic) bond motifs is 2. The van der Waals surface area contributed by atoms with Crippen molar-refractivity contribution in [1.29, 1.82) is 0 Å². The molecule has 1 aliphatic carbocycles. The van der Waals surface area contributed by atoms with Gasteiger partial charge in [-0.25, -0.2) is 9.97 Å². The second-order valence-electron chi connectivity index (χ2n) is 6.03. The first-order chi connectivity index (χ1) is 11.4. The standard InChI is InChI=1S/C16H13ClF3N3O/c17-10-3-4-13-11(5-10)15(16(18,19)20,24-7-9-1-2-9)12-6-21-8-22-14(12)23-13/h3-6,8-9H,1-2,7H2,(H,21,22,23). The fourth-order valence-corrected chi connectivity index (χ4v) is 3.12. The van der Waals surface area contributed by atoms with Gasteiger partial charge >= 0.3 is 6.18 Å². The monoisotopic (exact) mass is 355 g/mol. The molecule has 0 spiro atoms. The molecule has 1 aromatic heterocycles. The van der Waals surface area contributed by atoms with Gasteiger partial charge in [-0.3, -0.25) is 0 Å². The van der Waals surface area contributed by atoms with Gasteiger partial charge in [-0.1, -0.05) is 11.6 Å². The molecule has 24 heavy (non-hydrogen) atoms. The summed E-state index contributed by atoms with van der Waals surface area (Å²) in [6, 6.07) is 4.32. The van der Waals surface area contributed by atoms with Gasteiger partial charge in [0.1, 0.15) is 12.1 Å². The molecule has 2 aromatic rings. The Labute approximate surface area is 141 Å². The van der Waals surface area contributed by atoms with E-state index < -0.39 is 11.8 Å². The normalized spacial score (nSPS) is 22.5.